The van der Waals surface area contributed by atoms with Crippen LogP contribution in [-0.2, 0) is 27.2 Å². The van der Waals surface area contributed by atoms with Gasteiger partial charge in [0.25, 0.3) is 5.91 Å². The van der Waals surface area contributed by atoms with Gasteiger partial charge in [0.2, 0.25) is 0 Å². The van der Waals surface area contributed by atoms with Gasteiger partial charge in [0, 0.05) is 12.5 Å². The zero-order chi connectivity index (χ0) is 25.8. The minimum Gasteiger partial charge on any atom is -0.465 e. The molecule has 2 aromatic rings. The smallest absolute Gasteiger partial charge is 0.465 e. The summed E-state index contributed by atoms with van der Waals surface area (Å²) in [5.41, 5.74) is 2.12. The number of anilines is 2. The average molecular weight is 495 g/mol. The van der Waals surface area contributed by atoms with Gasteiger partial charge in [-0.05, 0) is 62.8 Å². The van der Waals surface area contributed by atoms with Gasteiger partial charge in [0.15, 0.2) is 0 Å². The molecule has 3 aliphatic heterocycles. The minimum atomic E-state index is -1.33. The quantitative estimate of drug-likeness (QED) is 0.536. The number of benzene rings is 1. The van der Waals surface area contributed by atoms with Crippen molar-refractivity contribution in [3.63, 3.8) is 0 Å². The topological polar surface area (TPSA) is 130 Å². The van der Waals surface area contributed by atoms with Crippen molar-refractivity contribution in [2.45, 2.75) is 64.4 Å². The first-order chi connectivity index (χ1) is 17.0. The van der Waals surface area contributed by atoms with Crippen LogP contribution in [0.4, 0.5) is 16.3 Å². The third-order valence-electron chi connectivity index (χ3n) is 7.65. The number of carboxylic acid groups (broad SMARTS) is 1. The zero-order valence-electron chi connectivity index (χ0n) is 20.8. The molecule has 2 fully saturated rings. The number of imide groups is 1. The molecule has 2 saturated heterocycles. The van der Waals surface area contributed by atoms with Gasteiger partial charge in [-0.3, -0.25) is 4.79 Å². The number of amides is 2. The van der Waals surface area contributed by atoms with E-state index in [2.05, 4.69) is 10.3 Å². The van der Waals surface area contributed by atoms with E-state index in [0.717, 1.165) is 16.9 Å². The number of aromatic nitrogens is 1. The summed E-state index contributed by atoms with van der Waals surface area (Å²) in [6.45, 7) is 8.68. The lowest BCUT2D eigenvalue weighted by atomic mass is 9.74. The maximum absolute atomic E-state index is 13.2. The molecule has 0 spiro atoms. The van der Waals surface area contributed by atoms with Gasteiger partial charge in [-0.2, -0.15) is 0 Å². The first-order valence-electron chi connectivity index (χ1n) is 12.0. The van der Waals surface area contributed by atoms with E-state index in [1.54, 1.807) is 18.2 Å². The fraction of sp³-hybridized carbons (Fsp3) is 0.480. The Morgan fingerprint density at radius 1 is 1.19 bits per heavy atom. The van der Waals surface area contributed by atoms with Crippen LogP contribution in [-0.4, -0.2) is 63.6 Å². The first kappa shape index (κ1) is 24.7. The maximum Gasteiger partial charge on any atom is 0.495 e. The number of aliphatic hydroxyl groups is 1. The first-order valence-corrected chi connectivity index (χ1v) is 12.0. The van der Waals surface area contributed by atoms with Crippen LogP contribution in [0.3, 0.4) is 0 Å². The van der Waals surface area contributed by atoms with Crippen molar-refractivity contribution in [1.29, 1.82) is 0 Å². The third-order valence-corrected chi connectivity index (χ3v) is 7.65. The van der Waals surface area contributed by atoms with Gasteiger partial charge in [-0.1, -0.05) is 12.1 Å². The van der Waals surface area contributed by atoms with Gasteiger partial charge in [0.1, 0.15) is 5.82 Å². The molecule has 0 bridgehead atoms. The highest BCUT2D eigenvalue weighted by molar-refractivity contribution is 6.63. The summed E-state index contributed by atoms with van der Waals surface area (Å²) in [5.74, 6) is -0.00260. The normalized spacial score (nSPS) is 22.2. The van der Waals surface area contributed by atoms with Crippen molar-refractivity contribution in [3.05, 3.63) is 46.6 Å². The molecule has 10 nitrogen and oxygen atoms in total. The molecule has 3 N–H and O–H groups in total. The number of aliphatic hydroxyl groups excluding tert-OH is 1. The number of pyridine rings is 1. The molecule has 4 heterocycles. The number of carbonyl (C=O) groups is 2. The van der Waals surface area contributed by atoms with Crippen LogP contribution in [0.25, 0.3) is 0 Å². The number of nitrogens with zero attached hydrogens (tertiary/aromatic N) is 2. The molecular weight excluding hydrogens is 465 g/mol. The monoisotopic (exact) mass is 495 g/mol. The predicted octanol–water partition coefficient (Wildman–Crippen LogP) is 2.75. The Morgan fingerprint density at radius 3 is 2.53 bits per heavy atom. The summed E-state index contributed by atoms with van der Waals surface area (Å²) < 4.78 is 17.8. The molecule has 36 heavy (non-hydrogen) atoms. The van der Waals surface area contributed by atoms with Gasteiger partial charge >= 0.3 is 13.2 Å². The molecule has 0 aliphatic carbocycles. The number of ether oxygens (including phenoxy) is 1. The van der Waals surface area contributed by atoms with E-state index >= 15 is 0 Å². The van der Waals surface area contributed by atoms with Gasteiger partial charge in [-0.25, -0.2) is 14.7 Å². The Morgan fingerprint density at radius 2 is 1.92 bits per heavy atom. The molecule has 1 aromatic heterocycles. The highest BCUT2D eigenvalue weighted by Gasteiger charge is 2.53. The van der Waals surface area contributed by atoms with Gasteiger partial charge in [-0.15, -0.1) is 0 Å². The van der Waals surface area contributed by atoms with Crippen LogP contribution < -0.4 is 10.8 Å². The Kier molecular flexibility index (Phi) is 6.07. The van der Waals surface area contributed by atoms with E-state index in [0.29, 0.717) is 41.4 Å². The van der Waals surface area contributed by atoms with Crippen LogP contribution in [0.5, 0.6) is 0 Å². The molecular formula is C25H30BN3O7. The second-order valence-corrected chi connectivity index (χ2v) is 10.4. The Bertz CT molecular complexity index is 1210. The highest BCUT2D eigenvalue weighted by Crippen LogP contribution is 2.38. The maximum atomic E-state index is 13.2. The van der Waals surface area contributed by atoms with Gasteiger partial charge in [0.05, 0.1) is 47.9 Å². The van der Waals surface area contributed by atoms with Crippen molar-refractivity contribution < 1.29 is 33.8 Å². The van der Waals surface area contributed by atoms with Crippen LogP contribution in [0.2, 0.25) is 0 Å². The number of carbonyl (C=O) groups excluding carboxylic acids is 1. The van der Waals surface area contributed by atoms with Gasteiger partial charge < -0.3 is 29.6 Å². The van der Waals surface area contributed by atoms with E-state index in [-0.39, 0.29) is 24.6 Å². The van der Waals surface area contributed by atoms with E-state index in [9.17, 15) is 19.8 Å². The molecule has 2 amide bonds. The van der Waals surface area contributed by atoms with Crippen molar-refractivity contribution in [3.8, 4) is 0 Å². The molecule has 11 heteroatoms. The van der Waals surface area contributed by atoms with Crippen LogP contribution in [0, 0.1) is 0 Å². The lowest BCUT2D eigenvalue weighted by molar-refractivity contribution is 0.00578. The molecule has 0 radical (unpaired) electrons. The summed E-state index contributed by atoms with van der Waals surface area (Å²) in [6.07, 6.45) is -0.458. The number of nitrogens with one attached hydrogen (secondary N) is 1. The molecule has 1 aromatic carbocycles. The molecule has 5 rings (SSSR count). The highest BCUT2D eigenvalue weighted by atomic mass is 16.7. The molecule has 0 saturated carbocycles. The van der Waals surface area contributed by atoms with E-state index in [1.165, 1.54) is 0 Å². The number of hydrogen-bond donors (Lipinski definition) is 3. The van der Waals surface area contributed by atoms with Crippen LogP contribution in [0.15, 0.2) is 24.3 Å². The Hall–Kier alpha value is -2.99. The van der Waals surface area contributed by atoms with Crippen LogP contribution >= 0.6 is 0 Å². The molecule has 1 atom stereocenters. The summed E-state index contributed by atoms with van der Waals surface area (Å²) in [7, 11) is -0.744. The summed E-state index contributed by atoms with van der Waals surface area (Å²) in [4.78, 5) is 30.3. The van der Waals surface area contributed by atoms with E-state index in [4.69, 9.17) is 14.0 Å². The SMILES string of the molecule is CC1(C)OB(c2ccc(Nc3ccc([C@@H]4CCOC4)c(CO)n3)c3c2CN(C(=O)O)C3=O)OC1(C)C. The lowest BCUT2D eigenvalue weighted by Crippen LogP contribution is -2.41. The van der Waals surface area contributed by atoms with Crippen LogP contribution in [0.1, 0.15) is 67.2 Å². The predicted molar refractivity (Wildman–Crippen MR) is 132 cm³/mol. The molecule has 190 valence electrons. The summed E-state index contributed by atoms with van der Waals surface area (Å²) >= 11 is 0. The number of rotatable bonds is 5. The van der Waals surface area contributed by atoms with Crippen molar-refractivity contribution >= 4 is 36.1 Å². The van der Waals surface area contributed by atoms with Crippen molar-refractivity contribution in [2.24, 2.45) is 0 Å². The van der Waals surface area contributed by atoms with E-state index < -0.39 is 30.3 Å². The summed E-state index contributed by atoms with van der Waals surface area (Å²) in [5, 5.41) is 22.7. The van der Waals surface area contributed by atoms with Crippen molar-refractivity contribution in [1.82, 2.24) is 9.88 Å². The average Bonchev–Trinajstić information content (AvgIpc) is 3.51. The Balaban J connectivity index is 1.51. The number of fused-ring (bicyclic) bond motifs is 1. The Labute approximate surface area is 209 Å². The second-order valence-electron chi connectivity index (χ2n) is 10.4. The molecule has 3 aliphatic rings. The minimum absolute atomic E-state index is 0.103. The largest absolute Gasteiger partial charge is 0.495 e. The fourth-order valence-electron chi connectivity index (χ4n) is 4.89. The molecule has 0 unspecified atom stereocenters. The summed E-state index contributed by atoms with van der Waals surface area (Å²) in [6, 6.07) is 7.20. The second kappa shape index (κ2) is 8.84. The lowest BCUT2D eigenvalue weighted by Gasteiger charge is -2.32. The van der Waals surface area contributed by atoms with E-state index in [1.807, 2.05) is 33.8 Å². The standard InChI is InChI=1S/C25H30BN3O7/c1-24(2)25(3,4)36-26(35-24)17-6-7-18(21-16(17)11-29(22(21)31)23(32)33)27-20-8-5-15(19(12-30)28-20)14-9-10-34-13-14/h5-8,14,30H,9-13H2,1-4H3,(H,27,28)(H,32,33)/t14-/m1/s1. The third kappa shape index (κ3) is 4.05. The zero-order valence-corrected chi connectivity index (χ0v) is 20.8. The van der Waals surface area contributed by atoms with Crippen molar-refractivity contribution in [2.75, 3.05) is 18.5 Å². The fourth-order valence-corrected chi connectivity index (χ4v) is 4.89. The number of hydrogen-bond acceptors (Lipinski definition) is 8.